The molecular weight excluding hydrogens is 603 g/mol. The fraction of sp³-hybridized carbons (Fsp3) is 0.308. The van der Waals surface area contributed by atoms with E-state index in [9.17, 15) is 39.2 Å². The quantitative estimate of drug-likeness (QED) is 0.270. The third-order valence-electron chi connectivity index (χ3n) is 6.77. The Hall–Kier alpha value is -2.44. The Morgan fingerprint density at radius 3 is 1.97 bits per heavy atom. The number of sulfone groups is 1. The molecule has 1 aliphatic rings. The molecule has 0 N–H and O–H groups in total. The second-order valence-electron chi connectivity index (χ2n) is 9.13. The van der Waals surface area contributed by atoms with Crippen molar-refractivity contribution < 1.29 is 39.2 Å². The zero-order valence-corrected chi connectivity index (χ0v) is 21.9. The first kappa shape index (κ1) is 28.6. The molecule has 1 unspecified atom stereocenters. The molecule has 0 radical (unpaired) electrons. The Bertz CT molecular complexity index is 1380. The van der Waals surface area contributed by atoms with Crippen LogP contribution in [0.2, 0.25) is 0 Å². The average Bonchev–Trinajstić information content (AvgIpc) is 3.28. The van der Waals surface area contributed by atoms with Gasteiger partial charge in [-0.1, -0.05) is 76.6 Å². The summed E-state index contributed by atoms with van der Waals surface area (Å²) in [7, 11) is -4.22. The third-order valence-corrected chi connectivity index (χ3v) is 9.74. The van der Waals surface area contributed by atoms with Crippen LogP contribution in [0, 0.1) is 0 Å². The molecule has 0 spiro atoms. The molecule has 3 aromatic rings. The maximum Gasteiger partial charge on any atom is 0.435 e. The van der Waals surface area contributed by atoms with Crippen molar-refractivity contribution in [2.24, 2.45) is 0 Å². The van der Waals surface area contributed by atoms with E-state index >= 15 is 0 Å². The smallest absolute Gasteiger partial charge is 0.297 e. The van der Waals surface area contributed by atoms with Crippen molar-refractivity contribution in [3.63, 3.8) is 0 Å². The fourth-order valence-corrected chi connectivity index (χ4v) is 7.50. The van der Waals surface area contributed by atoms with Crippen LogP contribution >= 0.6 is 15.9 Å². The van der Waals surface area contributed by atoms with Crippen LogP contribution < -0.4 is 0 Å². The first-order chi connectivity index (χ1) is 17.6. The van der Waals surface area contributed by atoms with E-state index in [1.165, 1.54) is 18.2 Å². The minimum atomic E-state index is -6.27. The lowest BCUT2D eigenvalue weighted by molar-refractivity contribution is -0.348. The van der Waals surface area contributed by atoms with Crippen LogP contribution in [-0.2, 0) is 26.8 Å². The van der Waals surface area contributed by atoms with Gasteiger partial charge in [0.1, 0.15) is 4.75 Å². The second kappa shape index (κ2) is 9.95. The van der Waals surface area contributed by atoms with E-state index in [0.717, 1.165) is 17.7 Å². The summed E-state index contributed by atoms with van der Waals surface area (Å²) >= 11 is 3.23. The lowest BCUT2D eigenvalue weighted by Gasteiger charge is -2.32. The Kier molecular flexibility index (Phi) is 7.48. The topological polar surface area (TPSA) is 37.4 Å². The minimum Gasteiger partial charge on any atom is -0.297 e. The molecule has 12 heteroatoms. The van der Waals surface area contributed by atoms with E-state index in [1.54, 1.807) is 6.07 Å². The molecule has 1 saturated heterocycles. The van der Waals surface area contributed by atoms with E-state index in [-0.39, 0.29) is 23.4 Å². The number of hydrogen-bond acceptors (Lipinski definition) is 3. The summed E-state index contributed by atoms with van der Waals surface area (Å²) < 4.78 is 121. The van der Waals surface area contributed by atoms with Gasteiger partial charge in [-0.2, -0.15) is 26.3 Å². The van der Waals surface area contributed by atoms with Gasteiger partial charge in [0.2, 0.25) is 0 Å². The highest BCUT2D eigenvalue weighted by molar-refractivity contribution is 9.10. The van der Waals surface area contributed by atoms with Gasteiger partial charge in [-0.05, 0) is 35.7 Å². The Labute approximate surface area is 223 Å². The molecule has 0 amide bonds. The zero-order valence-electron chi connectivity index (χ0n) is 19.5. The summed E-state index contributed by atoms with van der Waals surface area (Å²) in [5.74, 6) is 0. The number of benzene rings is 3. The van der Waals surface area contributed by atoms with Crippen LogP contribution in [0.1, 0.15) is 23.1 Å². The first-order valence-electron chi connectivity index (χ1n) is 11.3. The lowest BCUT2D eigenvalue weighted by atomic mass is 9.90. The number of alkyl halides is 7. The van der Waals surface area contributed by atoms with E-state index in [1.807, 2.05) is 35.2 Å². The molecule has 1 atom stereocenters. The molecule has 4 rings (SSSR count). The Balaban J connectivity index is 1.81. The summed E-state index contributed by atoms with van der Waals surface area (Å²) in [4.78, 5) is 1.78. The highest BCUT2D eigenvalue weighted by atomic mass is 79.9. The van der Waals surface area contributed by atoms with E-state index in [0.29, 0.717) is 29.7 Å². The molecule has 38 heavy (non-hydrogen) atoms. The minimum absolute atomic E-state index is 0.0212. The maximum absolute atomic E-state index is 14.6. The Morgan fingerprint density at radius 1 is 0.816 bits per heavy atom. The molecule has 3 nitrogen and oxygen atoms in total. The monoisotopic (exact) mass is 623 g/mol. The largest absolute Gasteiger partial charge is 0.435 e. The molecule has 3 aromatic carbocycles. The standard InChI is InChI=1S/C26H21BrF7NO2S/c27-21-7-4-8-22(15-21)38(36,37)23(13-14-35(17-23)16-18-5-2-1-3-6-18)19-9-11-20(12-10-19)24(28,25(29,30)31)26(32,33)34/h1-12,15H,13-14,16-17H2. The highest BCUT2D eigenvalue weighted by Crippen LogP contribution is 2.54. The summed E-state index contributed by atoms with van der Waals surface area (Å²) in [6.45, 7) is 0.599. The van der Waals surface area contributed by atoms with Crippen molar-refractivity contribution in [1.82, 2.24) is 4.90 Å². The van der Waals surface area contributed by atoms with Crippen molar-refractivity contribution in [1.29, 1.82) is 0 Å². The van der Waals surface area contributed by atoms with Crippen LogP contribution in [0.5, 0.6) is 0 Å². The van der Waals surface area contributed by atoms with Crippen molar-refractivity contribution in [2.45, 2.75) is 40.6 Å². The average molecular weight is 624 g/mol. The predicted molar refractivity (Wildman–Crippen MR) is 131 cm³/mol. The van der Waals surface area contributed by atoms with Gasteiger partial charge in [0.05, 0.1) is 4.90 Å². The number of nitrogens with zero attached hydrogens (tertiary/aromatic N) is 1. The van der Waals surface area contributed by atoms with Gasteiger partial charge < -0.3 is 0 Å². The lowest BCUT2D eigenvalue weighted by Crippen LogP contribution is -2.50. The van der Waals surface area contributed by atoms with Crippen LogP contribution in [-0.4, -0.2) is 38.8 Å². The van der Waals surface area contributed by atoms with Gasteiger partial charge in [-0.3, -0.25) is 4.90 Å². The van der Waals surface area contributed by atoms with Gasteiger partial charge in [0, 0.05) is 29.7 Å². The molecule has 0 saturated carbocycles. The van der Waals surface area contributed by atoms with E-state index in [2.05, 4.69) is 15.9 Å². The van der Waals surface area contributed by atoms with Crippen LogP contribution in [0.25, 0.3) is 0 Å². The number of hydrogen-bond donors (Lipinski definition) is 0. The second-order valence-corrected chi connectivity index (χ2v) is 12.3. The molecule has 204 valence electrons. The van der Waals surface area contributed by atoms with Gasteiger partial charge in [-0.25, -0.2) is 12.8 Å². The van der Waals surface area contributed by atoms with Crippen molar-refractivity contribution in [3.05, 3.63) is 100 Å². The van der Waals surface area contributed by atoms with Crippen molar-refractivity contribution >= 4 is 25.8 Å². The van der Waals surface area contributed by atoms with E-state index < -0.39 is 38.2 Å². The van der Waals surface area contributed by atoms with Crippen LogP contribution in [0.15, 0.2) is 88.2 Å². The molecule has 0 bridgehead atoms. The zero-order chi connectivity index (χ0) is 28.0. The van der Waals surface area contributed by atoms with Gasteiger partial charge in [0.15, 0.2) is 9.84 Å². The molecule has 1 aliphatic heterocycles. The van der Waals surface area contributed by atoms with E-state index in [4.69, 9.17) is 0 Å². The van der Waals surface area contributed by atoms with Crippen LogP contribution in [0.4, 0.5) is 30.7 Å². The number of likely N-dealkylation sites (tertiary alicyclic amines) is 1. The molecule has 0 aromatic heterocycles. The first-order valence-corrected chi connectivity index (χ1v) is 13.6. The molecule has 1 heterocycles. The van der Waals surface area contributed by atoms with Crippen LogP contribution in [0.3, 0.4) is 0 Å². The summed E-state index contributed by atoms with van der Waals surface area (Å²) in [5.41, 5.74) is -6.40. The molecule has 1 fully saturated rings. The van der Waals surface area contributed by atoms with Gasteiger partial charge in [-0.15, -0.1) is 0 Å². The molecule has 0 aliphatic carbocycles. The highest BCUT2D eigenvalue weighted by Gasteiger charge is 2.73. The summed E-state index contributed by atoms with van der Waals surface area (Å²) in [5, 5.41) is 0. The SMILES string of the molecule is O=S(=O)(c1cccc(Br)c1)C1(c2ccc(C(F)(C(F)(F)F)C(F)(F)F)cc2)CCN(Cc2ccccc2)C1. The van der Waals surface area contributed by atoms with Crippen molar-refractivity contribution in [2.75, 3.05) is 13.1 Å². The predicted octanol–water partition coefficient (Wildman–Crippen LogP) is 7.31. The summed E-state index contributed by atoms with van der Waals surface area (Å²) in [6, 6.07) is 17.5. The normalized spacial score (nSPS) is 19.6. The summed E-state index contributed by atoms with van der Waals surface area (Å²) in [6.07, 6.45) is -12.5. The van der Waals surface area contributed by atoms with Gasteiger partial charge in [0.25, 0.3) is 0 Å². The third kappa shape index (κ3) is 4.86. The number of halogens is 8. The molecular formula is C26H21BrF7NO2S. The maximum atomic E-state index is 14.6. The fourth-order valence-electron chi connectivity index (χ4n) is 4.80. The van der Waals surface area contributed by atoms with Crippen molar-refractivity contribution in [3.8, 4) is 0 Å². The Morgan fingerprint density at radius 2 is 1.42 bits per heavy atom. The number of rotatable bonds is 6. The van der Waals surface area contributed by atoms with Gasteiger partial charge >= 0.3 is 18.0 Å².